The Balaban J connectivity index is 1.57. The fraction of sp³-hybridized carbons (Fsp3) is 0.346. The number of hydrogen-bond donors (Lipinski definition) is 1. The average Bonchev–Trinajstić information content (AvgIpc) is 3.53. The van der Waals surface area contributed by atoms with Gasteiger partial charge in [-0.1, -0.05) is 18.2 Å². The van der Waals surface area contributed by atoms with Crippen molar-refractivity contribution >= 4 is 23.2 Å². The normalized spacial score (nSPS) is 15.7. The van der Waals surface area contributed by atoms with E-state index in [9.17, 15) is 9.59 Å². The zero-order chi connectivity index (χ0) is 24.8. The molecule has 1 unspecified atom stereocenters. The zero-order valence-electron chi connectivity index (χ0n) is 20.1. The third-order valence-electron chi connectivity index (χ3n) is 5.92. The van der Waals surface area contributed by atoms with Crippen molar-refractivity contribution < 1.29 is 23.8 Å². The lowest BCUT2D eigenvalue weighted by molar-refractivity contribution is 0.0856. The molecular weight excluding hydrogens is 466 g/mol. The number of nitrogens with zero attached hydrogens (tertiary/aromatic N) is 2. The predicted molar refractivity (Wildman–Crippen MR) is 133 cm³/mol. The number of methoxy groups -OCH3 is 2. The molecule has 1 aromatic heterocycles. The maximum atomic E-state index is 12.9. The van der Waals surface area contributed by atoms with Gasteiger partial charge in [-0.3, -0.25) is 9.59 Å². The summed E-state index contributed by atoms with van der Waals surface area (Å²) in [6, 6.07) is 12.4. The van der Waals surface area contributed by atoms with Crippen LogP contribution < -0.4 is 19.6 Å². The monoisotopic (exact) mass is 495 g/mol. The van der Waals surface area contributed by atoms with Crippen molar-refractivity contribution in [1.82, 2.24) is 9.88 Å². The summed E-state index contributed by atoms with van der Waals surface area (Å²) in [6.07, 6.45) is 2.07. The number of ether oxygens (including phenoxy) is 3. The molecule has 9 heteroatoms. The average molecular weight is 496 g/mol. The second-order valence-electron chi connectivity index (χ2n) is 8.23. The van der Waals surface area contributed by atoms with Gasteiger partial charge in [-0.25, -0.2) is 0 Å². The largest absolute Gasteiger partial charge is 0.493 e. The van der Waals surface area contributed by atoms with Gasteiger partial charge in [0.2, 0.25) is 0 Å². The van der Waals surface area contributed by atoms with Crippen molar-refractivity contribution in [1.29, 1.82) is 0 Å². The van der Waals surface area contributed by atoms with E-state index >= 15 is 0 Å². The molecule has 0 bridgehead atoms. The second kappa shape index (κ2) is 11.3. The maximum absolute atomic E-state index is 12.9. The van der Waals surface area contributed by atoms with Gasteiger partial charge in [0.25, 0.3) is 11.8 Å². The Morgan fingerprint density at radius 3 is 2.71 bits per heavy atom. The van der Waals surface area contributed by atoms with E-state index < -0.39 is 0 Å². The molecule has 2 aromatic carbocycles. The smallest absolute Gasteiger partial charge is 0.279 e. The fourth-order valence-corrected chi connectivity index (χ4v) is 4.85. The van der Waals surface area contributed by atoms with Crippen LogP contribution in [-0.2, 0) is 11.3 Å². The number of aryl methyl sites for hydroxylation is 1. The van der Waals surface area contributed by atoms with Crippen LogP contribution in [0.2, 0.25) is 0 Å². The SMILES string of the molecule is COc1ccc(C(=O)N=c2scc(C)n2Cc2ccccc2C(=O)NCC2CCCO2)cc1OC. The highest BCUT2D eigenvalue weighted by Gasteiger charge is 2.18. The van der Waals surface area contributed by atoms with Gasteiger partial charge in [-0.05, 0) is 49.6 Å². The molecule has 184 valence electrons. The number of nitrogens with one attached hydrogen (secondary N) is 1. The Labute approximate surface area is 208 Å². The number of thiazole rings is 1. The first-order valence-electron chi connectivity index (χ1n) is 11.4. The van der Waals surface area contributed by atoms with Crippen LogP contribution in [0.5, 0.6) is 11.5 Å². The third kappa shape index (κ3) is 5.80. The molecule has 1 aliphatic heterocycles. The van der Waals surface area contributed by atoms with Crippen LogP contribution in [-0.4, -0.2) is 49.9 Å². The van der Waals surface area contributed by atoms with E-state index in [2.05, 4.69) is 10.3 Å². The van der Waals surface area contributed by atoms with E-state index in [-0.39, 0.29) is 17.9 Å². The van der Waals surface area contributed by atoms with Crippen LogP contribution in [0.4, 0.5) is 0 Å². The van der Waals surface area contributed by atoms with Gasteiger partial charge in [-0.2, -0.15) is 4.99 Å². The van der Waals surface area contributed by atoms with Crippen molar-refractivity contribution in [2.45, 2.75) is 32.4 Å². The van der Waals surface area contributed by atoms with Crippen LogP contribution >= 0.6 is 11.3 Å². The van der Waals surface area contributed by atoms with Gasteiger partial charge in [-0.15, -0.1) is 11.3 Å². The Morgan fingerprint density at radius 1 is 1.17 bits per heavy atom. The van der Waals surface area contributed by atoms with Gasteiger partial charge >= 0.3 is 0 Å². The van der Waals surface area contributed by atoms with Crippen molar-refractivity contribution in [3.63, 3.8) is 0 Å². The van der Waals surface area contributed by atoms with Crippen molar-refractivity contribution in [3.8, 4) is 11.5 Å². The molecule has 3 aromatic rings. The maximum Gasteiger partial charge on any atom is 0.279 e. The van der Waals surface area contributed by atoms with Gasteiger partial charge in [0.05, 0.1) is 26.9 Å². The Bertz CT molecular complexity index is 1270. The lowest BCUT2D eigenvalue weighted by Gasteiger charge is -2.14. The first kappa shape index (κ1) is 24.7. The molecule has 8 nitrogen and oxygen atoms in total. The zero-order valence-corrected chi connectivity index (χ0v) is 20.9. The van der Waals surface area contributed by atoms with Crippen LogP contribution in [0.15, 0.2) is 52.8 Å². The van der Waals surface area contributed by atoms with E-state index in [4.69, 9.17) is 14.2 Å². The topological polar surface area (TPSA) is 91.2 Å². The molecule has 0 spiro atoms. The highest BCUT2D eigenvalue weighted by molar-refractivity contribution is 7.07. The van der Waals surface area contributed by atoms with Gasteiger partial charge < -0.3 is 24.1 Å². The number of amides is 2. The van der Waals surface area contributed by atoms with Gasteiger partial charge in [0.15, 0.2) is 16.3 Å². The molecule has 1 fully saturated rings. The Morgan fingerprint density at radius 2 is 1.97 bits per heavy atom. The summed E-state index contributed by atoms with van der Waals surface area (Å²) in [5.41, 5.74) is 2.79. The highest BCUT2D eigenvalue weighted by atomic mass is 32.1. The minimum absolute atomic E-state index is 0.0765. The van der Waals surface area contributed by atoms with Gasteiger partial charge in [0.1, 0.15) is 0 Å². The minimum Gasteiger partial charge on any atom is -0.493 e. The summed E-state index contributed by atoms with van der Waals surface area (Å²) in [6.45, 7) is 3.62. The van der Waals surface area contributed by atoms with Gasteiger partial charge in [0, 0.05) is 35.4 Å². The molecule has 2 heterocycles. The molecule has 1 atom stereocenters. The molecule has 1 aliphatic rings. The third-order valence-corrected chi connectivity index (χ3v) is 6.91. The lowest BCUT2D eigenvalue weighted by atomic mass is 10.1. The molecule has 2 amide bonds. The van der Waals surface area contributed by atoms with Crippen molar-refractivity contribution in [2.75, 3.05) is 27.4 Å². The lowest BCUT2D eigenvalue weighted by Crippen LogP contribution is -2.32. The number of aromatic nitrogens is 1. The summed E-state index contributed by atoms with van der Waals surface area (Å²) >= 11 is 1.38. The molecule has 35 heavy (non-hydrogen) atoms. The van der Waals surface area contributed by atoms with Crippen LogP contribution in [0, 0.1) is 6.92 Å². The molecule has 1 N–H and O–H groups in total. The van der Waals surface area contributed by atoms with E-state index in [1.165, 1.54) is 18.4 Å². The number of hydrogen-bond acceptors (Lipinski definition) is 6. The summed E-state index contributed by atoms with van der Waals surface area (Å²) in [5, 5.41) is 4.94. The molecule has 0 aliphatic carbocycles. The molecule has 0 radical (unpaired) electrons. The summed E-state index contributed by atoms with van der Waals surface area (Å²) in [7, 11) is 3.07. The van der Waals surface area contributed by atoms with Crippen LogP contribution in [0.1, 0.15) is 44.8 Å². The van der Waals surface area contributed by atoms with Crippen molar-refractivity contribution in [3.05, 3.63) is 75.0 Å². The number of carbonyl (C=O) groups is 2. The minimum atomic E-state index is -0.385. The molecule has 0 saturated carbocycles. The summed E-state index contributed by atoms with van der Waals surface area (Å²) in [5.74, 6) is 0.487. The Kier molecular flexibility index (Phi) is 7.99. The van der Waals surface area contributed by atoms with E-state index in [1.807, 2.05) is 41.1 Å². The quantitative estimate of drug-likeness (QED) is 0.516. The van der Waals surface area contributed by atoms with E-state index in [1.54, 1.807) is 25.3 Å². The van der Waals surface area contributed by atoms with Crippen LogP contribution in [0.25, 0.3) is 0 Å². The summed E-state index contributed by atoms with van der Waals surface area (Å²) < 4.78 is 18.1. The highest BCUT2D eigenvalue weighted by Crippen LogP contribution is 2.27. The number of rotatable bonds is 8. The second-order valence-corrected chi connectivity index (χ2v) is 9.07. The van der Waals surface area contributed by atoms with Crippen LogP contribution in [0.3, 0.4) is 0 Å². The van der Waals surface area contributed by atoms with E-state index in [0.717, 1.165) is 30.7 Å². The molecule has 1 saturated heterocycles. The molecule has 4 rings (SSSR count). The first-order valence-corrected chi connectivity index (χ1v) is 12.3. The fourth-order valence-electron chi connectivity index (χ4n) is 3.97. The molecular formula is C26H29N3O5S. The Hall–Kier alpha value is -3.43. The number of carbonyl (C=O) groups excluding carboxylic acids is 2. The first-order chi connectivity index (χ1) is 17.0. The standard InChI is InChI=1S/C26H29N3O5S/c1-17-16-35-26(28-24(30)18-10-11-22(32-2)23(13-18)33-3)29(17)15-19-7-4-5-9-21(19)25(31)27-14-20-8-6-12-34-20/h4-5,7,9-11,13,16,20H,6,8,12,14-15H2,1-3H3,(H,27,31). The number of benzene rings is 2. The van der Waals surface area contributed by atoms with Crippen molar-refractivity contribution in [2.24, 2.45) is 4.99 Å². The predicted octanol–water partition coefficient (Wildman–Crippen LogP) is 3.57. The van der Waals surface area contributed by atoms with E-state index in [0.29, 0.717) is 40.5 Å². The summed E-state index contributed by atoms with van der Waals surface area (Å²) in [4.78, 5) is 30.8.